The number of carboxylic acids is 1. The van der Waals surface area contributed by atoms with Gasteiger partial charge in [-0.05, 0) is 6.42 Å². The Morgan fingerprint density at radius 3 is 2.67 bits per heavy atom. The van der Waals surface area contributed by atoms with Crippen LogP contribution in [-0.4, -0.2) is 46.4 Å². The van der Waals surface area contributed by atoms with Crippen LogP contribution in [0.25, 0.3) is 10.9 Å². The van der Waals surface area contributed by atoms with Crippen LogP contribution in [-0.2, 0) is 20.6 Å². The topological polar surface area (TPSA) is 135 Å². The second kappa shape index (κ2) is 8.83. The van der Waals surface area contributed by atoms with Crippen molar-refractivity contribution in [1.29, 1.82) is 0 Å². The first-order chi connectivity index (χ1) is 13.6. The van der Waals surface area contributed by atoms with Gasteiger partial charge in [0.2, 0.25) is 11.8 Å². The highest BCUT2D eigenvalue weighted by atomic mass is 35.5. The van der Waals surface area contributed by atoms with Gasteiger partial charge in [0.05, 0.1) is 10.9 Å². The minimum absolute atomic E-state index is 0. The lowest BCUT2D eigenvalue weighted by Gasteiger charge is -2.21. The predicted octanol–water partition coefficient (Wildman–Crippen LogP) is 1.74. The zero-order valence-electron chi connectivity index (χ0n) is 14.7. The summed E-state index contributed by atoms with van der Waals surface area (Å²) in [5, 5.41) is 14.5. The van der Waals surface area contributed by atoms with Crippen LogP contribution in [0.15, 0.2) is 11.4 Å². The van der Waals surface area contributed by atoms with E-state index in [0.29, 0.717) is 6.07 Å². The molecule has 2 aromatic heterocycles. The molecule has 9 nitrogen and oxygen atoms in total. The van der Waals surface area contributed by atoms with Crippen molar-refractivity contribution < 1.29 is 42.2 Å². The van der Waals surface area contributed by atoms with E-state index in [1.54, 1.807) is 0 Å². The fourth-order valence-corrected chi connectivity index (χ4v) is 3.51. The molecule has 1 aliphatic rings. The third kappa shape index (κ3) is 4.97. The van der Waals surface area contributed by atoms with Crippen LogP contribution >= 0.6 is 23.7 Å². The number of aliphatic carboxylic acids is 1. The number of rotatable bonds is 5. The summed E-state index contributed by atoms with van der Waals surface area (Å²) in [4.78, 5) is 49.4. The molecule has 14 heteroatoms. The van der Waals surface area contributed by atoms with Gasteiger partial charge in [-0.1, -0.05) is 0 Å². The SMILES string of the molecule is Cl.O=C(O)COc1cc(C(F)(F)F)nc2c(C(=O)NC3CCC(=O)NC3=O)scc12. The highest BCUT2D eigenvalue weighted by molar-refractivity contribution is 7.13. The summed E-state index contributed by atoms with van der Waals surface area (Å²) in [6.45, 7) is -0.885. The Balaban J connectivity index is 0.00000320. The molecule has 3 amide bonds. The summed E-state index contributed by atoms with van der Waals surface area (Å²) in [5.41, 5.74) is -1.70. The number of amides is 3. The van der Waals surface area contributed by atoms with E-state index < -0.39 is 48.2 Å². The molecule has 0 bridgehead atoms. The Bertz CT molecular complexity index is 1030. The molecule has 1 atom stereocenters. The number of carbonyl (C=O) groups excluding carboxylic acids is 3. The third-order valence-electron chi connectivity index (χ3n) is 3.92. The first kappa shape index (κ1) is 23.3. The number of alkyl halides is 3. The Morgan fingerprint density at radius 2 is 2.07 bits per heavy atom. The Labute approximate surface area is 176 Å². The van der Waals surface area contributed by atoms with Crippen molar-refractivity contribution in [3.05, 3.63) is 22.0 Å². The molecular weight excluding hydrogens is 455 g/mol. The molecule has 0 aliphatic carbocycles. The number of hydrogen-bond donors (Lipinski definition) is 3. The zero-order chi connectivity index (χ0) is 21.3. The summed E-state index contributed by atoms with van der Waals surface area (Å²) in [6, 6.07) is -0.467. The van der Waals surface area contributed by atoms with E-state index in [9.17, 15) is 32.3 Å². The number of nitrogens with one attached hydrogen (secondary N) is 2. The maximum absolute atomic E-state index is 13.2. The van der Waals surface area contributed by atoms with E-state index in [1.807, 2.05) is 0 Å². The van der Waals surface area contributed by atoms with Gasteiger partial charge in [-0.15, -0.1) is 23.7 Å². The number of piperidine rings is 1. The number of nitrogens with zero attached hydrogens (tertiary/aromatic N) is 1. The Kier molecular flexibility index (Phi) is 6.87. The van der Waals surface area contributed by atoms with Gasteiger partial charge in [-0.3, -0.25) is 19.7 Å². The van der Waals surface area contributed by atoms with Gasteiger partial charge in [0, 0.05) is 17.9 Å². The summed E-state index contributed by atoms with van der Waals surface area (Å²) in [7, 11) is 0. The molecule has 2 aromatic rings. The third-order valence-corrected chi connectivity index (χ3v) is 4.89. The molecule has 1 fully saturated rings. The van der Waals surface area contributed by atoms with E-state index >= 15 is 0 Å². The van der Waals surface area contributed by atoms with Crippen LogP contribution in [0, 0.1) is 0 Å². The summed E-state index contributed by atoms with van der Waals surface area (Å²) in [5.74, 6) is -3.84. The van der Waals surface area contributed by atoms with Gasteiger partial charge in [-0.25, -0.2) is 9.78 Å². The normalized spacial score (nSPS) is 16.6. The van der Waals surface area contributed by atoms with E-state index in [2.05, 4.69) is 15.6 Å². The van der Waals surface area contributed by atoms with Crippen LogP contribution < -0.4 is 15.4 Å². The molecule has 0 saturated carbocycles. The van der Waals surface area contributed by atoms with E-state index in [4.69, 9.17) is 9.84 Å². The first-order valence-electron chi connectivity index (χ1n) is 8.05. The number of hydrogen-bond acceptors (Lipinski definition) is 7. The second-order valence-corrected chi connectivity index (χ2v) is 6.87. The molecule has 162 valence electrons. The van der Waals surface area contributed by atoms with Gasteiger partial charge in [0.15, 0.2) is 6.61 Å². The number of thiophene rings is 1. The van der Waals surface area contributed by atoms with Gasteiger partial charge < -0.3 is 15.2 Å². The molecule has 3 heterocycles. The number of carboxylic acid groups (broad SMARTS) is 1. The van der Waals surface area contributed by atoms with Gasteiger partial charge >= 0.3 is 12.1 Å². The molecule has 3 N–H and O–H groups in total. The number of carbonyl (C=O) groups is 4. The summed E-state index contributed by atoms with van der Waals surface area (Å²) in [6.07, 6.45) is -4.81. The van der Waals surface area contributed by atoms with Crippen LogP contribution in [0.2, 0.25) is 0 Å². The van der Waals surface area contributed by atoms with Crippen molar-refractivity contribution in [3.63, 3.8) is 0 Å². The fourth-order valence-electron chi connectivity index (χ4n) is 2.61. The fraction of sp³-hybridized carbons (Fsp3) is 0.312. The number of aromatic nitrogens is 1. The lowest BCUT2D eigenvalue weighted by atomic mass is 10.1. The van der Waals surface area contributed by atoms with Crippen LogP contribution in [0.1, 0.15) is 28.2 Å². The second-order valence-electron chi connectivity index (χ2n) is 5.99. The number of fused-ring (bicyclic) bond motifs is 1. The zero-order valence-corrected chi connectivity index (χ0v) is 16.4. The maximum Gasteiger partial charge on any atom is 0.433 e. The van der Waals surface area contributed by atoms with Crippen LogP contribution in [0.5, 0.6) is 5.75 Å². The lowest BCUT2D eigenvalue weighted by Crippen LogP contribution is -2.52. The summed E-state index contributed by atoms with van der Waals surface area (Å²) < 4.78 is 44.5. The highest BCUT2D eigenvalue weighted by Crippen LogP contribution is 2.37. The van der Waals surface area contributed by atoms with Crippen molar-refractivity contribution in [3.8, 4) is 5.75 Å². The minimum atomic E-state index is -4.87. The van der Waals surface area contributed by atoms with E-state index in [1.165, 1.54) is 5.38 Å². The molecular formula is C16H13ClF3N3O6S. The number of ether oxygens (including phenoxy) is 1. The number of halogens is 4. The van der Waals surface area contributed by atoms with Gasteiger partial charge in [0.25, 0.3) is 5.91 Å². The van der Waals surface area contributed by atoms with Crippen molar-refractivity contribution in [2.24, 2.45) is 0 Å². The Hall–Kier alpha value is -2.93. The molecule has 3 rings (SSSR count). The standard InChI is InChI=1S/C16H12F3N3O6S.ClH/c17-16(18,19)9-3-8(28-4-11(24)25)6-5-29-13(12(6)21-9)15(27)20-7-1-2-10(23)22-14(7)26;/h3,5,7H,1-2,4H2,(H,20,27)(H,24,25)(H,22,23,26);1H. The van der Waals surface area contributed by atoms with E-state index in [0.717, 1.165) is 11.3 Å². The average Bonchev–Trinajstić information content (AvgIpc) is 3.05. The van der Waals surface area contributed by atoms with Crippen molar-refractivity contribution in [2.45, 2.75) is 25.1 Å². The van der Waals surface area contributed by atoms with Crippen molar-refractivity contribution >= 4 is 58.3 Å². The molecule has 1 unspecified atom stereocenters. The predicted molar refractivity (Wildman–Crippen MR) is 98.6 cm³/mol. The lowest BCUT2D eigenvalue weighted by molar-refractivity contribution is -0.141. The highest BCUT2D eigenvalue weighted by Gasteiger charge is 2.35. The smallest absolute Gasteiger partial charge is 0.433 e. The van der Waals surface area contributed by atoms with Crippen molar-refractivity contribution in [1.82, 2.24) is 15.6 Å². The van der Waals surface area contributed by atoms with Gasteiger partial charge in [-0.2, -0.15) is 13.2 Å². The number of imide groups is 1. The number of pyridine rings is 1. The monoisotopic (exact) mass is 467 g/mol. The van der Waals surface area contributed by atoms with Gasteiger partial charge in [0.1, 0.15) is 22.4 Å². The van der Waals surface area contributed by atoms with Crippen LogP contribution in [0.3, 0.4) is 0 Å². The van der Waals surface area contributed by atoms with E-state index in [-0.39, 0.29) is 46.8 Å². The maximum atomic E-state index is 13.2. The first-order valence-corrected chi connectivity index (χ1v) is 8.93. The van der Waals surface area contributed by atoms with Crippen LogP contribution in [0.4, 0.5) is 13.2 Å². The molecule has 0 aromatic carbocycles. The minimum Gasteiger partial charge on any atom is -0.481 e. The quantitative estimate of drug-likeness (QED) is 0.570. The Morgan fingerprint density at radius 1 is 1.37 bits per heavy atom. The van der Waals surface area contributed by atoms with Crippen molar-refractivity contribution in [2.75, 3.05) is 6.61 Å². The molecule has 30 heavy (non-hydrogen) atoms. The molecule has 1 saturated heterocycles. The largest absolute Gasteiger partial charge is 0.481 e. The molecule has 1 aliphatic heterocycles. The average molecular weight is 468 g/mol. The summed E-state index contributed by atoms with van der Waals surface area (Å²) >= 11 is 0.761. The molecule has 0 spiro atoms. The molecule has 0 radical (unpaired) electrons.